The molecule has 160 valence electrons. The van der Waals surface area contributed by atoms with E-state index in [1.165, 1.54) is 16.7 Å². The second-order valence-electron chi connectivity index (χ2n) is 8.11. The third-order valence-corrected chi connectivity index (χ3v) is 5.79. The summed E-state index contributed by atoms with van der Waals surface area (Å²) in [4.78, 5) is 13.7. The highest BCUT2D eigenvalue weighted by Crippen LogP contribution is 2.48. The molecular weight excluding hydrogens is 388 g/mol. The first-order chi connectivity index (χ1) is 14.4. The Hall–Kier alpha value is -2.67. The van der Waals surface area contributed by atoms with Crippen molar-refractivity contribution in [1.29, 1.82) is 0 Å². The lowest BCUT2D eigenvalue weighted by Crippen LogP contribution is -2.32. The summed E-state index contributed by atoms with van der Waals surface area (Å²) in [5.41, 5.74) is 4.79. The summed E-state index contributed by atoms with van der Waals surface area (Å²) in [5.74, 6) is -2.48. The molecule has 2 aliphatic rings. The molecule has 7 heteroatoms. The number of carbonyl (C=O) groups is 1. The van der Waals surface area contributed by atoms with Crippen molar-refractivity contribution in [3.63, 3.8) is 0 Å². The molecule has 5 nitrogen and oxygen atoms in total. The van der Waals surface area contributed by atoms with Gasteiger partial charge in [0.05, 0.1) is 12.5 Å². The van der Waals surface area contributed by atoms with E-state index < -0.39 is 11.8 Å². The number of ether oxygens (including phenoxy) is 1. The van der Waals surface area contributed by atoms with Gasteiger partial charge in [0.15, 0.2) is 0 Å². The molecule has 0 bridgehead atoms. The number of amides is 2. The Balaban J connectivity index is 1.28. The van der Waals surface area contributed by atoms with Crippen LogP contribution in [-0.4, -0.2) is 37.1 Å². The van der Waals surface area contributed by atoms with E-state index >= 15 is 0 Å². The molecule has 1 atom stereocenters. The van der Waals surface area contributed by atoms with E-state index in [0.29, 0.717) is 12.3 Å². The maximum Gasteiger partial charge on any atom is 0.314 e. The lowest BCUT2D eigenvalue weighted by molar-refractivity contribution is 0.0856. The molecule has 0 saturated heterocycles. The van der Waals surface area contributed by atoms with E-state index in [0.717, 1.165) is 31.6 Å². The Bertz CT molecular complexity index is 902. The standard InChI is InChI=1S/C23H27F2N3O2/c1-26-22(29)27-12-16-2-4-17(5-3-16)13-28-9-8-18-10-21(7-6-19(18)14-28)30-15-20-11-23(20,24)25/h2-7,10,20H,8-9,11-15H2,1H3,(H2,26,27,29). The average molecular weight is 415 g/mol. The first kappa shape index (κ1) is 20.6. The molecule has 2 aromatic carbocycles. The quantitative estimate of drug-likeness (QED) is 0.725. The number of nitrogens with zero attached hydrogens (tertiary/aromatic N) is 1. The lowest BCUT2D eigenvalue weighted by atomic mass is 9.99. The highest BCUT2D eigenvalue weighted by atomic mass is 19.3. The number of fused-ring (bicyclic) bond motifs is 1. The normalized spacial score (nSPS) is 19.6. The monoisotopic (exact) mass is 415 g/mol. The smallest absolute Gasteiger partial charge is 0.314 e. The van der Waals surface area contributed by atoms with Crippen LogP contribution in [0.25, 0.3) is 0 Å². The molecule has 1 aliphatic heterocycles. The predicted octanol–water partition coefficient (Wildman–Crippen LogP) is 3.71. The average Bonchev–Trinajstić information content (AvgIpc) is 3.37. The zero-order valence-corrected chi connectivity index (χ0v) is 17.1. The van der Waals surface area contributed by atoms with E-state index in [1.54, 1.807) is 7.05 Å². The topological polar surface area (TPSA) is 53.6 Å². The Labute approximate surface area is 175 Å². The molecule has 2 aromatic rings. The molecule has 0 radical (unpaired) electrons. The molecule has 1 saturated carbocycles. The largest absolute Gasteiger partial charge is 0.493 e. The van der Waals surface area contributed by atoms with E-state index in [2.05, 4.69) is 33.7 Å². The van der Waals surface area contributed by atoms with Gasteiger partial charge in [-0.3, -0.25) is 4.90 Å². The van der Waals surface area contributed by atoms with Crippen LogP contribution in [0.3, 0.4) is 0 Å². The van der Waals surface area contributed by atoms with Gasteiger partial charge in [-0.15, -0.1) is 0 Å². The first-order valence-corrected chi connectivity index (χ1v) is 10.3. The summed E-state index contributed by atoms with van der Waals surface area (Å²) in [6.07, 6.45) is 0.860. The van der Waals surface area contributed by atoms with Crippen LogP contribution in [0.1, 0.15) is 28.7 Å². The second-order valence-corrected chi connectivity index (χ2v) is 8.11. The summed E-state index contributed by atoms with van der Waals surface area (Å²) < 4.78 is 31.6. The second kappa shape index (κ2) is 8.60. The zero-order valence-electron chi connectivity index (χ0n) is 17.1. The van der Waals surface area contributed by atoms with Crippen LogP contribution in [-0.2, 0) is 26.1 Å². The van der Waals surface area contributed by atoms with Crippen molar-refractivity contribution in [1.82, 2.24) is 15.5 Å². The Morgan fingerprint density at radius 1 is 1.17 bits per heavy atom. The van der Waals surface area contributed by atoms with Gasteiger partial charge in [-0.1, -0.05) is 30.3 Å². The van der Waals surface area contributed by atoms with Crippen LogP contribution in [0.5, 0.6) is 5.75 Å². The molecule has 1 unspecified atom stereocenters. The summed E-state index contributed by atoms with van der Waals surface area (Å²) in [6, 6.07) is 14.0. The van der Waals surface area contributed by atoms with Gasteiger partial charge < -0.3 is 15.4 Å². The predicted molar refractivity (Wildman–Crippen MR) is 111 cm³/mol. The van der Waals surface area contributed by atoms with Gasteiger partial charge in [-0.25, -0.2) is 13.6 Å². The van der Waals surface area contributed by atoms with Crippen molar-refractivity contribution >= 4 is 6.03 Å². The van der Waals surface area contributed by atoms with E-state index in [4.69, 9.17) is 4.74 Å². The fourth-order valence-corrected chi connectivity index (χ4v) is 3.75. The van der Waals surface area contributed by atoms with Crippen LogP contribution < -0.4 is 15.4 Å². The first-order valence-electron chi connectivity index (χ1n) is 10.3. The number of urea groups is 1. The fourth-order valence-electron chi connectivity index (χ4n) is 3.75. The van der Waals surface area contributed by atoms with Crippen molar-refractivity contribution < 1.29 is 18.3 Å². The third kappa shape index (κ3) is 5.08. The molecule has 30 heavy (non-hydrogen) atoms. The van der Waals surface area contributed by atoms with Gasteiger partial charge in [0.25, 0.3) is 5.92 Å². The molecular formula is C23H27F2N3O2. The van der Waals surface area contributed by atoms with Crippen LogP contribution in [0.2, 0.25) is 0 Å². The Morgan fingerprint density at radius 2 is 1.90 bits per heavy atom. The number of benzene rings is 2. The molecule has 0 spiro atoms. The van der Waals surface area contributed by atoms with Gasteiger partial charge >= 0.3 is 6.03 Å². The number of hydrogen-bond acceptors (Lipinski definition) is 3. The minimum Gasteiger partial charge on any atom is -0.493 e. The van der Waals surface area contributed by atoms with Crippen LogP contribution in [0.4, 0.5) is 13.6 Å². The van der Waals surface area contributed by atoms with E-state index in [9.17, 15) is 13.6 Å². The molecule has 2 N–H and O–H groups in total. The van der Waals surface area contributed by atoms with Crippen LogP contribution in [0.15, 0.2) is 42.5 Å². The van der Waals surface area contributed by atoms with Gasteiger partial charge in [-0.05, 0) is 40.8 Å². The minimum atomic E-state index is -2.53. The number of halogens is 2. The molecule has 1 fully saturated rings. The van der Waals surface area contributed by atoms with E-state index in [-0.39, 0.29) is 19.1 Å². The third-order valence-electron chi connectivity index (χ3n) is 5.79. The number of alkyl halides is 2. The molecule has 2 amide bonds. The van der Waals surface area contributed by atoms with Gasteiger partial charge in [0.1, 0.15) is 5.75 Å². The Morgan fingerprint density at radius 3 is 2.60 bits per heavy atom. The summed E-state index contributed by atoms with van der Waals surface area (Å²) >= 11 is 0. The maximum atomic E-state index is 13.0. The number of carbonyl (C=O) groups excluding carboxylic acids is 1. The fraction of sp³-hybridized carbons (Fsp3) is 0.435. The minimum absolute atomic E-state index is 0.0571. The van der Waals surface area contributed by atoms with Gasteiger partial charge in [-0.2, -0.15) is 0 Å². The van der Waals surface area contributed by atoms with Crippen LogP contribution in [0, 0.1) is 5.92 Å². The van der Waals surface area contributed by atoms with Gasteiger partial charge in [0.2, 0.25) is 0 Å². The SMILES string of the molecule is CNC(=O)NCc1ccc(CN2CCc3cc(OCC4CC4(F)F)ccc3C2)cc1. The van der Waals surface area contributed by atoms with Crippen molar-refractivity contribution in [2.45, 2.75) is 38.4 Å². The zero-order chi connectivity index (χ0) is 21.1. The summed E-state index contributed by atoms with van der Waals surface area (Å²) in [7, 11) is 1.60. The number of hydrogen-bond donors (Lipinski definition) is 2. The van der Waals surface area contributed by atoms with Crippen molar-refractivity contribution in [3.05, 3.63) is 64.7 Å². The molecule has 1 heterocycles. The lowest BCUT2D eigenvalue weighted by Gasteiger charge is -2.29. The van der Waals surface area contributed by atoms with Crippen LogP contribution >= 0.6 is 0 Å². The Kier molecular flexibility index (Phi) is 5.90. The molecule has 4 rings (SSSR count). The highest BCUT2D eigenvalue weighted by Gasteiger charge is 2.57. The molecule has 1 aliphatic carbocycles. The maximum absolute atomic E-state index is 13.0. The summed E-state index contributed by atoms with van der Waals surface area (Å²) in [5, 5.41) is 5.32. The van der Waals surface area contributed by atoms with Crippen molar-refractivity contribution in [2.75, 3.05) is 20.2 Å². The van der Waals surface area contributed by atoms with Crippen molar-refractivity contribution in [3.8, 4) is 5.75 Å². The highest BCUT2D eigenvalue weighted by molar-refractivity contribution is 5.73. The number of nitrogens with one attached hydrogen (secondary N) is 2. The van der Waals surface area contributed by atoms with Gasteiger partial charge in [0, 0.05) is 39.6 Å². The summed E-state index contributed by atoms with van der Waals surface area (Å²) in [6.45, 7) is 3.25. The van der Waals surface area contributed by atoms with Crippen molar-refractivity contribution in [2.24, 2.45) is 5.92 Å². The van der Waals surface area contributed by atoms with E-state index in [1.807, 2.05) is 24.3 Å². The number of rotatable bonds is 7. The molecule has 0 aromatic heterocycles.